The van der Waals surface area contributed by atoms with E-state index in [1.54, 1.807) is 12.1 Å². The van der Waals surface area contributed by atoms with E-state index in [0.717, 1.165) is 11.3 Å². The van der Waals surface area contributed by atoms with Gasteiger partial charge >= 0.3 is 5.00 Å². The quantitative estimate of drug-likeness (QED) is 0.657. The number of benzene rings is 1. The van der Waals surface area contributed by atoms with E-state index in [1.807, 2.05) is 0 Å². The molecule has 22 heavy (non-hydrogen) atoms. The molecule has 0 unspecified atom stereocenters. The number of hydrogen-bond acceptors (Lipinski definition) is 5. The van der Waals surface area contributed by atoms with Crippen LogP contribution in [0.4, 0.5) is 16.4 Å². The molecule has 0 saturated carbocycles. The molecule has 0 bridgehead atoms. The van der Waals surface area contributed by atoms with Gasteiger partial charge in [-0.3, -0.25) is 19.7 Å². The van der Waals surface area contributed by atoms with Gasteiger partial charge in [0.25, 0.3) is 5.91 Å². The van der Waals surface area contributed by atoms with Crippen molar-refractivity contribution < 1.29 is 14.5 Å². The largest absolute Gasteiger partial charge is 0.325 e. The molecule has 1 aromatic heterocycles. The number of nitro groups is 1. The first kappa shape index (κ1) is 15.9. The van der Waals surface area contributed by atoms with E-state index in [0.29, 0.717) is 11.4 Å². The van der Waals surface area contributed by atoms with Crippen LogP contribution in [0.15, 0.2) is 29.6 Å². The summed E-state index contributed by atoms with van der Waals surface area (Å²) in [4.78, 5) is 33.0. The number of carbonyl (C=O) groups excluding carboxylic acids is 2. The Balaban J connectivity index is 2.12. The summed E-state index contributed by atoms with van der Waals surface area (Å²) in [6, 6.07) is 5.80. The molecular weight excluding hydrogens is 330 g/mol. The summed E-state index contributed by atoms with van der Waals surface area (Å²) < 4.78 is 0. The first-order valence-electron chi connectivity index (χ1n) is 5.98. The maximum atomic E-state index is 12.0. The number of thiophene rings is 1. The molecule has 114 valence electrons. The smallest absolute Gasteiger partial charge is 0.324 e. The zero-order valence-corrected chi connectivity index (χ0v) is 12.8. The second kappa shape index (κ2) is 6.54. The highest BCUT2D eigenvalue weighted by molar-refractivity contribution is 7.13. The van der Waals surface area contributed by atoms with Crippen LogP contribution in [0, 0.1) is 10.1 Å². The highest BCUT2D eigenvalue weighted by atomic mass is 35.5. The van der Waals surface area contributed by atoms with Crippen molar-refractivity contribution in [2.45, 2.75) is 6.92 Å². The van der Waals surface area contributed by atoms with E-state index in [2.05, 4.69) is 10.6 Å². The molecule has 9 heteroatoms. The Bertz CT molecular complexity index is 759. The second-order valence-corrected chi connectivity index (χ2v) is 5.56. The summed E-state index contributed by atoms with van der Waals surface area (Å²) in [6.45, 7) is 1.36. The SMILES string of the molecule is CC(=O)Nc1ccc(NC(=O)c2csc([N+](=O)[O-])c2)cc1Cl. The average molecular weight is 340 g/mol. The summed E-state index contributed by atoms with van der Waals surface area (Å²) in [5.41, 5.74) is 1.04. The van der Waals surface area contributed by atoms with E-state index < -0.39 is 10.8 Å². The van der Waals surface area contributed by atoms with Crippen molar-refractivity contribution in [3.8, 4) is 0 Å². The number of nitrogens with one attached hydrogen (secondary N) is 2. The lowest BCUT2D eigenvalue weighted by molar-refractivity contribution is -0.380. The lowest BCUT2D eigenvalue weighted by atomic mass is 10.2. The van der Waals surface area contributed by atoms with Crippen LogP contribution in [0.3, 0.4) is 0 Å². The zero-order chi connectivity index (χ0) is 16.3. The van der Waals surface area contributed by atoms with Crippen LogP contribution in [0.5, 0.6) is 0 Å². The molecule has 0 saturated heterocycles. The molecule has 1 heterocycles. The lowest BCUT2D eigenvalue weighted by Gasteiger charge is -2.08. The van der Waals surface area contributed by atoms with Crippen molar-refractivity contribution in [1.82, 2.24) is 0 Å². The van der Waals surface area contributed by atoms with Crippen LogP contribution in [0.1, 0.15) is 17.3 Å². The summed E-state index contributed by atoms with van der Waals surface area (Å²) in [5.74, 6) is -0.739. The molecule has 0 atom stereocenters. The summed E-state index contributed by atoms with van der Waals surface area (Å²) in [5, 5.41) is 17.3. The highest BCUT2D eigenvalue weighted by Gasteiger charge is 2.15. The topological polar surface area (TPSA) is 101 Å². The van der Waals surface area contributed by atoms with Crippen LogP contribution < -0.4 is 10.6 Å². The first-order chi connectivity index (χ1) is 10.4. The van der Waals surface area contributed by atoms with Crippen LogP contribution in [0.25, 0.3) is 0 Å². The molecule has 2 amide bonds. The molecule has 0 aliphatic rings. The van der Waals surface area contributed by atoms with Gasteiger partial charge in [-0.2, -0.15) is 0 Å². The van der Waals surface area contributed by atoms with Crippen LogP contribution >= 0.6 is 22.9 Å². The van der Waals surface area contributed by atoms with Gasteiger partial charge in [0.2, 0.25) is 5.91 Å². The molecule has 2 N–H and O–H groups in total. The highest BCUT2D eigenvalue weighted by Crippen LogP contribution is 2.27. The fraction of sp³-hybridized carbons (Fsp3) is 0.0769. The van der Waals surface area contributed by atoms with Crippen molar-refractivity contribution in [2.24, 2.45) is 0 Å². The summed E-state index contributed by atoms with van der Waals surface area (Å²) >= 11 is 6.87. The number of nitrogens with zero attached hydrogens (tertiary/aromatic N) is 1. The van der Waals surface area contributed by atoms with E-state index in [9.17, 15) is 19.7 Å². The minimum atomic E-state index is -0.555. The predicted octanol–water partition coefficient (Wildman–Crippen LogP) is 3.52. The molecular formula is C13H10ClN3O4S. The van der Waals surface area contributed by atoms with Crippen molar-refractivity contribution in [1.29, 1.82) is 0 Å². The van der Waals surface area contributed by atoms with E-state index in [1.165, 1.54) is 24.4 Å². The Hall–Kier alpha value is -2.45. The van der Waals surface area contributed by atoms with Gasteiger partial charge < -0.3 is 10.6 Å². The van der Waals surface area contributed by atoms with Crippen LogP contribution in [-0.4, -0.2) is 16.7 Å². The molecule has 1 aromatic carbocycles. The fourth-order valence-electron chi connectivity index (χ4n) is 1.63. The molecule has 0 aliphatic carbocycles. The van der Waals surface area contributed by atoms with Gasteiger partial charge in [0.1, 0.15) is 0 Å². The van der Waals surface area contributed by atoms with Crippen LogP contribution in [-0.2, 0) is 4.79 Å². The van der Waals surface area contributed by atoms with Crippen molar-refractivity contribution in [2.75, 3.05) is 10.6 Å². The Morgan fingerprint density at radius 1 is 1.27 bits per heavy atom. The Kier molecular flexibility index (Phi) is 4.74. The van der Waals surface area contributed by atoms with Crippen LogP contribution in [0.2, 0.25) is 5.02 Å². The molecule has 0 spiro atoms. The van der Waals surface area contributed by atoms with Gasteiger partial charge in [0, 0.05) is 24.1 Å². The van der Waals surface area contributed by atoms with Gasteiger partial charge in [-0.05, 0) is 18.2 Å². The molecule has 7 nitrogen and oxygen atoms in total. The Morgan fingerprint density at radius 3 is 2.55 bits per heavy atom. The maximum absolute atomic E-state index is 12.0. The molecule has 2 rings (SSSR count). The monoisotopic (exact) mass is 339 g/mol. The fourth-order valence-corrected chi connectivity index (χ4v) is 2.56. The third-order valence-corrected chi connectivity index (χ3v) is 3.76. The number of anilines is 2. The number of hydrogen-bond donors (Lipinski definition) is 2. The number of amides is 2. The van der Waals surface area contributed by atoms with Crippen molar-refractivity contribution in [3.05, 3.63) is 50.3 Å². The minimum Gasteiger partial charge on any atom is -0.325 e. The van der Waals surface area contributed by atoms with Gasteiger partial charge in [-0.15, -0.1) is 0 Å². The summed E-state index contributed by atoms with van der Waals surface area (Å²) in [6.07, 6.45) is 0. The third-order valence-electron chi connectivity index (χ3n) is 2.57. The van der Waals surface area contributed by atoms with Gasteiger partial charge in [0.15, 0.2) is 0 Å². The molecule has 0 aliphatic heterocycles. The maximum Gasteiger partial charge on any atom is 0.324 e. The molecule has 2 aromatic rings. The predicted molar refractivity (Wildman–Crippen MR) is 84.7 cm³/mol. The van der Waals surface area contributed by atoms with Gasteiger partial charge in [0.05, 0.1) is 21.2 Å². The third kappa shape index (κ3) is 3.80. The van der Waals surface area contributed by atoms with E-state index in [-0.39, 0.29) is 21.5 Å². The molecule has 0 fully saturated rings. The first-order valence-corrected chi connectivity index (χ1v) is 7.24. The standard InChI is InChI=1S/C13H10ClN3O4S/c1-7(18)15-11-3-2-9(5-10(11)14)16-13(19)8-4-12(17(20)21)22-6-8/h2-6H,1H3,(H,15,18)(H,16,19). The normalized spacial score (nSPS) is 10.1. The molecule has 0 radical (unpaired) electrons. The Morgan fingerprint density at radius 2 is 2.00 bits per heavy atom. The average Bonchev–Trinajstić information content (AvgIpc) is 2.91. The lowest BCUT2D eigenvalue weighted by Crippen LogP contribution is -2.11. The van der Waals surface area contributed by atoms with Gasteiger partial charge in [-0.25, -0.2) is 0 Å². The number of carbonyl (C=O) groups is 2. The van der Waals surface area contributed by atoms with Crippen molar-refractivity contribution in [3.63, 3.8) is 0 Å². The second-order valence-electron chi connectivity index (χ2n) is 4.26. The van der Waals surface area contributed by atoms with Crippen molar-refractivity contribution >= 4 is 51.1 Å². The number of rotatable bonds is 4. The summed E-state index contributed by atoms with van der Waals surface area (Å²) in [7, 11) is 0. The van der Waals surface area contributed by atoms with E-state index in [4.69, 9.17) is 11.6 Å². The number of halogens is 1. The van der Waals surface area contributed by atoms with E-state index >= 15 is 0 Å². The van der Waals surface area contributed by atoms with Gasteiger partial charge in [-0.1, -0.05) is 22.9 Å². The Labute approximate surface area is 134 Å². The zero-order valence-electron chi connectivity index (χ0n) is 11.3. The minimum absolute atomic E-state index is 0.107.